The van der Waals surface area contributed by atoms with E-state index in [1.165, 1.54) is 5.56 Å². The standard InChI is InChI=1S/C23H18N4O/c24-10-13-1-3-14(4-2-13)18-9-17-15(11-25-18)5-6-16-19-21(27-20(16)17)23(7-8-23)12-26-22(19)28/h1-4,9,11,27H,5-8,12H2,(H,26,28). The molecule has 1 fully saturated rings. The molecule has 1 saturated carbocycles. The molecule has 0 saturated heterocycles. The van der Waals surface area contributed by atoms with Gasteiger partial charge in [0.25, 0.3) is 5.91 Å². The number of nitriles is 1. The Labute approximate surface area is 162 Å². The maximum atomic E-state index is 12.6. The van der Waals surface area contributed by atoms with Gasteiger partial charge in [0.2, 0.25) is 0 Å². The van der Waals surface area contributed by atoms with E-state index in [1.807, 2.05) is 30.5 Å². The van der Waals surface area contributed by atoms with Gasteiger partial charge in [0.1, 0.15) is 0 Å². The molecule has 0 bridgehead atoms. The summed E-state index contributed by atoms with van der Waals surface area (Å²) >= 11 is 0. The van der Waals surface area contributed by atoms with Crippen LogP contribution in [0.5, 0.6) is 0 Å². The number of aromatic amines is 1. The minimum Gasteiger partial charge on any atom is -0.357 e. The van der Waals surface area contributed by atoms with Crippen LogP contribution in [-0.4, -0.2) is 22.4 Å². The number of aryl methyl sites for hydroxylation is 1. The molecule has 5 nitrogen and oxygen atoms in total. The molecule has 0 radical (unpaired) electrons. The Balaban J connectivity index is 1.51. The van der Waals surface area contributed by atoms with Gasteiger partial charge < -0.3 is 10.3 Å². The van der Waals surface area contributed by atoms with Gasteiger partial charge in [-0.05, 0) is 55.0 Å². The largest absolute Gasteiger partial charge is 0.357 e. The Morgan fingerprint density at radius 3 is 2.71 bits per heavy atom. The third-order valence-electron chi connectivity index (χ3n) is 6.51. The number of rotatable bonds is 1. The van der Waals surface area contributed by atoms with Crippen LogP contribution in [0.3, 0.4) is 0 Å². The lowest BCUT2D eigenvalue weighted by molar-refractivity contribution is 0.0936. The molecular formula is C23H18N4O. The van der Waals surface area contributed by atoms with Gasteiger partial charge in [-0.2, -0.15) is 5.26 Å². The maximum absolute atomic E-state index is 12.6. The van der Waals surface area contributed by atoms with Gasteiger partial charge in [0.15, 0.2) is 0 Å². The van der Waals surface area contributed by atoms with Crippen molar-refractivity contribution in [1.29, 1.82) is 5.26 Å². The number of fused-ring (bicyclic) bond motifs is 6. The Morgan fingerprint density at radius 1 is 1.14 bits per heavy atom. The first kappa shape index (κ1) is 15.6. The van der Waals surface area contributed by atoms with Crippen LogP contribution < -0.4 is 5.32 Å². The minimum absolute atomic E-state index is 0.0647. The molecule has 0 atom stereocenters. The summed E-state index contributed by atoms with van der Waals surface area (Å²) in [4.78, 5) is 20.9. The SMILES string of the molecule is N#Cc1ccc(-c2cc3c(cn2)CCc2c-3[nH]c3c2C(=O)NCC32CC2)cc1. The van der Waals surface area contributed by atoms with E-state index < -0.39 is 0 Å². The number of amides is 1. The molecule has 0 unspecified atom stereocenters. The first-order valence-electron chi connectivity index (χ1n) is 9.72. The molecule has 28 heavy (non-hydrogen) atoms. The highest BCUT2D eigenvalue weighted by atomic mass is 16.1. The summed E-state index contributed by atoms with van der Waals surface area (Å²) in [7, 11) is 0. The summed E-state index contributed by atoms with van der Waals surface area (Å²) in [6, 6.07) is 11.8. The Kier molecular flexibility index (Phi) is 2.98. The van der Waals surface area contributed by atoms with Crippen molar-refractivity contribution in [2.45, 2.75) is 31.1 Å². The van der Waals surface area contributed by atoms with E-state index in [0.29, 0.717) is 5.56 Å². The zero-order valence-electron chi connectivity index (χ0n) is 15.3. The number of nitrogens with zero attached hydrogens (tertiary/aromatic N) is 2. The molecule has 1 amide bonds. The Morgan fingerprint density at radius 2 is 1.96 bits per heavy atom. The summed E-state index contributed by atoms with van der Waals surface area (Å²) in [5.74, 6) is 0.0647. The fourth-order valence-corrected chi connectivity index (χ4v) is 4.72. The molecule has 5 heteroatoms. The molecule has 1 aromatic carbocycles. The van der Waals surface area contributed by atoms with Gasteiger partial charge in [-0.3, -0.25) is 9.78 Å². The zero-order chi connectivity index (χ0) is 18.9. The second kappa shape index (κ2) is 5.32. The van der Waals surface area contributed by atoms with Gasteiger partial charge in [-0.1, -0.05) is 12.1 Å². The van der Waals surface area contributed by atoms with Crippen LogP contribution in [0.25, 0.3) is 22.5 Å². The van der Waals surface area contributed by atoms with Gasteiger partial charge in [0.05, 0.1) is 28.6 Å². The highest BCUT2D eigenvalue weighted by molar-refractivity contribution is 6.01. The fourth-order valence-electron chi connectivity index (χ4n) is 4.72. The van der Waals surface area contributed by atoms with Crippen molar-refractivity contribution in [3.8, 4) is 28.6 Å². The van der Waals surface area contributed by atoms with E-state index in [4.69, 9.17) is 5.26 Å². The number of benzene rings is 1. The van der Waals surface area contributed by atoms with Crippen molar-refractivity contribution >= 4 is 5.91 Å². The molecule has 3 heterocycles. The second-order valence-electron chi connectivity index (χ2n) is 8.11. The van der Waals surface area contributed by atoms with Crippen LogP contribution >= 0.6 is 0 Å². The molecule has 2 N–H and O–H groups in total. The number of H-pyrrole nitrogens is 1. The van der Waals surface area contributed by atoms with Crippen LogP contribution in [-0.2, 0) is 18.3 Å². The molecule has 2 aromatic heterocycles. The first-order chi connectivity index (χ1) is 13.7. The molecule has 3 aliphatic rings. The summed E-state index contributed by atoms with van der Waals surface area (Å²) in [5.41, 5.74) is 9.28. The van der Waals surface area contributed by atoms with Crippen LogP contribution in [0.1, 0.15) is 45.6 Å². The maximum Gasteiger partial charge on any atom is 0.253 e. The van der Waals surface area contributed by atoms with E-state index in [1.54, 1.807) is 0 Å². The van der Waals surface area contributed by atoms with Gasteiger partial charge in [-0.15, -0.1) is 0 Å². The number of carbonyl (C=O) groups is 1. The third kappa shape index (κ3) is 2.06. The average Bonchev–Trinajstić information content (AvgIpc) is 3.40. The van der Waals surface area contributed by atoms with Crippen LogP contribution in [0.15, 0.2) is 36.5 Å². The monoisotopic (exact) mass is 366 g/mol. The topological polar surface area (TPSA) is 81.6 Å². The summed E-state index contributed by atoms with van der Waals surface area (Å²) in [6.45, 7) is 0.748. The average molecular weight is 366 g/mol. The molecule has 136 valence electrons. The lowest BCUT2D eigenvalue weighted by Crippen LogP contribution is -2.39. The molecule has 3 aromatic rings. The lowest BCUT2D eigenvalue weighted by atomic mass is 9.86. The lowest BCUT2D eigenvalue weighted by Gasteiger charge is -2.23. The predicted molar refractivity (Wildman–Crippen MR) is 105 cm³/mol. The van der Waals surface area contributed by atoms with Crippen molar-refractivity contribution < 1.29 is 4.79 Å². The summed E-state index contributed by atoms with van der Waals surface area (Å²) in [6.07, 6.45) is 6.00. The van der Waals surface area contributed by atoms with E-state index in [-0.39, 0.29) is 11.3 Å². The molecule has 2 aliphatic carbocycles. The third-order valence-corrected chi connectivity index (χ3v) is 6.51. The summed E-state index contributed by atoms with van der Waals surface area (Å²) in [5, 5.41) is 12.1. The number of hydrogen-bond acceptors (Lipinski definition) is 3. The smallest absolute Gasteiger partial charge is 0.253 e. The molecular weight excluding hydrogens is 348 g/mol. The number of carbonyl (C=O) groups excluding carboxylic acids is 1. The predicted octanol–water partition coefficient (Wildman–Crippen LogP) is 3.49. The van der Waals surface area contributed by atoms with E-state index >= 15 is 0 Å². The number of aromatic nitrogens is 2. The quantitative estimate of drug-likeness (QED) is 0.692. The first-order valence-corrected chi connectivity index (χ1v) is 9.72. The summed E-state index contributed by atoms with van der Waals surface area (Å²) < 4.78 is 0. The van der Waals surface area contributed by atoms with Crippen molar-refractivity contribution in [2.75, 3.05) is 6.54 Å². The van der Waals surface area contributed by atoms with Gasteiger partial charge in [0, 0.05) is 35.0 Å². The van der Waals surface area contributed by atoms with Crippen LogP contribution in [0.2, 0.25) is 0 Å². The van der Waals surface area contributed by atoms with Crippen molar-refractivity contribution in [3.63, 3.8) is 0 Å². The van der Waals surface area contributed by atoms with Crippen LogP contribution in [0.4, 0.5) is 0 Å². The highest BCUT2D eigenvalue weighted by Crippen LogP contribution is 2.52. The number of pyridine rings is 1. The minimum atomic E-state index is 0.0647. The van der Waals surface area contributed by atoms with Crippen LogP contribution in [0, 0.1) is 11.3 Å². The van der Waals surface area contributed by atoms with Crippen molar-refractivity contribution in [3.05, 3.63) is 64.5 Å². The van der Waals surface area contributed by atoms with E-state index in [9.17, 15) is 4.79 Å². The second-order valence-corrected chi connectivity index (χ2v) is 8.11. The molecule has 6 rings (SSSR count). The fraction of sp³-hybridized carbons (Fsp3) is 0.261. The highest BCUT2D eigenvalue weighted by Gasteiger charge is 2.51. The van der Waals surface area contributed by atoms with Gasteiger partial charge in [-0.25, -0.2) is 0 Å². The Hall–Kier alpha value is -3.39. The van der Waals surface area contributed by atoms with Gasteiger partial charge >= 0.3 is 0 Å². The van der Waals surface area contributed by atoms with E-state index in [2.05, 4.69) is 27.4 Å². The Bertz CT molecular complexity index is 1190. The van der Waals surface area contributed by atoms with E-state index in [0.717, 1.165) is 71.6 Å². The van der Waals surface area contributed by atoms with Crippen molar-refractivity contribution in [2.24, 2.45) is 0 Å². The zero-order valence-corrected chi connectivity index (χ0v) is 15.3. The molecule has 1 spiro atoms. The normalized spacial score (nSPS) is 17.9. The number of hydrogen-bond donors (Lipinski definition) is 2. The van der Waals surface area contributed by atoms with Crippen molar-refractivity contribution in [1.82, 2.24) is 15.3 Å². The molecule has 1 aliphatic heterocycles. The number of nitrogens with one attached hydrogen (secondary N) is 2.